The van der Waals surface area contributed by atoms with Gasteiger partial charge in [0.05, 0.1) is 11.0 Å². The van der Waals surface area contributed by atoms with E-state index < -0.39 is 0 Å². The van der Waals surface area contributed by atoms with Crippen molar-refractivity contribution in [2.24, 2.45) is 7.05 Å². The van der Waals surface area contributed by atoms with Crippen molar-refractivity contribution in [2.45, 2.75) is 0 Å². The van der Waals surface area contributed by atoms with Gasteiger partial charge >= 0.3 is 0 Å². The molecule has 0 unspecified atom stereocenters. The van der Waals surface area contributed by atoms with Crippen LogP contribution >= 0.6 is 0 Å². The standard InChI is InChI=1S/C40H28N2/c1-42-37-19-11-10-18-36(37)41-40(42)30-22-20-27(21-23-30)31-24-25-34-35(26-31)39(29-14-6-3-7-15-29)33-17-9-8-16-32(33)38(34)28-12-4-2-5-13-28/h2-26H,1H3. The van der Waals surface area contributed by atoms with Crippen LogP contribution in [0.15, 0.2) is 152 Å². The molecule has 0 aliphatic carbocycles. The van der Waals surface area contributed by atoms with Gasteiger partial charge in [-0.2, -0.15) is 0 Å². The predicted molar refractivity (Wildman–Crippen MR) is 177 cm³/mol. The van der Waals surface area contributed by atoms with Crippen LogP contribution in [-0.2, 0) is 7.05 Å². The normalized spacial score (nSPS) is 11.5. The van der Waals surface area contributed by atoms with Gasteiger partial charge in [-0.1, -0.05) is 133 Å². The summed E-state index contributed by atoms with van der Waals surface area (Å²) < 4.78 is 2.17. The fourth-order valence-corrected chi connectivity index (χ4v) is 6.41. The van der Waals surface area contributed by atoms with Gasteiger partial charge in [-0.3, -0.25) is 0 Å². The number of aryl methyl sites for hydroxylation is 1. The Bertz CT molecular complexity index is 2230. The molecule has 198 valence electrons. The fourth-order valence-electron chi connectivity index (χ4n) is 6.41. The van der Waals surface area contributed by atoms with Crippen LogP contribution in [0.25, 0.3) is 77.3 Å². The topological polar surface area (TPSA) is 17.8 Å². The van der Waals surface area contributed by atoms with E-state index >= 15 is 0 Å². The summed E-state index contributed by atoms with van der Waals surface area (Å²) in [6.45, 7) is 0. The molecule has 0 atom stereocenters. The van der Waals surface area contributed by atoms with E-state index in [9.17, 15) is 0 Å². The van der Waals surface area contributed by atoms with Gasteiger partial charge in [0.1, 0.15) is 5.82 Å². The molecule has 0 spiro atoms. The van der Waals surface area contributed by atoms with E-state index in [1.165, 1.54) is 54.9 Å². The zero-order valence-electron chi connectivity index (χ0n) is 23.3. The van der Waals surface area contributed by atoms with Crippen LogP contribution in [0, 0.1) is 0 Å². The van der Waals surface area contributed by atoms with Crippen molar-refractivity contribution in [3.05, 3.63) is 152 Å². The third-order valence-electron chi connectivity index (χ3n) is 8.41. The molecule has 8 aromatic rings. The van der Waals surface area contributed by atoms with Crippen LogP contribution in [-0.4, -0.2) is 9.55 Å². The number of aromatic nitrogens is 2. The molecule has 1 heterocycles. The van der Waals surface area contributed by atoms with Gasteiger partial charge in [0.15, 0.2) is 0 Å². The average molecular weight is 537 g/mol. The molecule has 7 aromatic carbocycles. The van der Waals surface area contributed by atoms with Crippen LogP contribution in [0.5, 0.6) is 0 Å². The maximum atomic E-state index is 4.90. The number of fused-ring (bicyclic) bond motifs is 3. The Balaban J connectivity index is 1.34. The van der Waals surface area contributed by atoms with E-state index in [1.54, 1.807) is 0 Å². The molecule has 0 fully saturated rings. The Morgan fingerprint density at radius 2 is 0.905 bits per heavy atom. The number of rotatable bonds is 4. The number of benzene rings is 7. The number of hydrogen-bond acceptors (Lipinski definition) is 1. The summed E-state index contributed by atoms with van der Waals surface area (Å²) in [5.41, 5.74) is 10.7. The summed E-state index contributed by atoms with van der Waals surface area (Å²) in [5, 5.41) is 5.06. The largest absolute Gasteiger partial charge is 0.327 e. The van der Waals surface area contributed by atoms with Gasteiger partial charge in [-0.15, -0.1) is 0 Å². The summed E-state index contributed by atoms with van der Waals surface area (Å²) in [6.07, 6.45) is 0. The third kappa shape index (κ3) is 3.92. The van der Waals surface area contributed by atoms with E-state index in [4.69, 9.17) is 4.98 Å². The molecule has 0 amide bonds. The highest BCUT2D eigenvalue weighted by atomic mass is 15.1. The molecule has 0 radical (unpaired) electrons. The number of imidazole rings is 1. The molecular weight excluding hydrogens is 508 g/mol. The molecule has 0 aliphatic heterocycles. The Morgan fingerprint density at radius 1 is 0.405 bits per heavy atom. The lowest BCUT2D eigenvalue weighted by molar-refractivity contribution is 0.959. The fraction of sp³-hybridized carbons (Fsp3) is 0.0250. The van der Waals surface area contributed by atoms with Crippen LogP contribution in [0.1, 0.15) is 0 Å². The highest BCUT2D eigenvalue weighted by Gasteiger charge is 2.17. The monoisotopic (exact) mass is 536 g/mol. The summed E-state index contributed by atoms with van der Waals surface area (Å²) in [4.78, 5) is 4.90. The zero-order chi connectivity index (χ0) is 28.0. The van der Waals surface area contributed by atoms with Gasteiger partial charge in [0.2, 0.25) is 0 Å². The van der Waals surface area contributed by atoms with Gasteiger partial charge in [0, 0.05) is 12.6 Å². The molecular formula is C40H28N2. The van der Waals surface area contributed by atoms with Gasteiger partial charge in [-0.05, 0) is 73.1 Å². The maximum absolute atomic E-state index is 4.90. The number of para-hydroxylation sites is 2. The molecule has 0 bridgehead atoms. The summed E-state index contributed by atoms with van der Waals surface area (Å²) in [6, 6.07) is 54.5. The molecule has 8 rings (SSSR count). The lowest BCUT2D eigenvalue weighted by Crippen LogP contribution is -1.93. The minimum Gasteiger partial charge on any atom is -0.327 e. The van der Waals surface area contributed by atoms with Crippen molar-refractivity contribution < 1.29 is 0 Å². The summed E-state index contributed by atoms with van der Waals surface area (Å²) in [5.74, 6) is 0.978. The molecule has 0 saturated heterocycles. The molecule has 2 heteroatoms. The number of nitrogens with zero attached hydrogens (tertiary/aromatic N) is 2. The third-order valence-corrected chi connectivity index (χ3v) is 8.41. The quantitative estimate of drug-likeness (QED) is 0.205. The van der Waals surface area contributed by atoms with Crippen LogP contribution in [0.4, 0.5) is 0 Å². The van der Waals surface area contributed by atoms with Crippen molar-refractivity contribution in [1.29, 1.82) is 0 Å². The lowest BCUT2D eigenvalue weighted by Gasteiger charge is -2.18. The first-order chi connectivity index (χ1) is 20.8. The average Bonchev–Trinajstić information content (AvgIpc) is 3.40. The second-order valence-electron chi connectivity index (χ2n) is 10.8. The summed E-state index contributed by atoms with van der Waals surface area (Å²) in [7, 11) is 2.08. The predicted octanol–water partition coefficient (Wildman–Crippen LogP) is 10.5. The number of hydrogen-bond donors (Lipinski definition) is 0. The van der Waals surface area contributed by atoms with Gasteiger partial charge in [-0.25, -0.2) is 4.98 Å². The Labute approximate surface area is 245 Å². The van der Waals surface area contributed by atoms with E-state index in [2.05, 4.69) is 157 Å². The molecule has 2 nitrogen and oxygen atoms in total. The van der Waals surface area contributed by atoms with Gasteiger partial charge < -0.3 is 4.57 Å². The van der Waals surface area contributed by atoms with Crippen molar-refractivity contribution >= 4 is 32.6 Å². The minimum absolute atomic E-state index is 0.978. The molecule has 1 aromatic heterocycles. The molecule has 0 aliphatic rings. The van der Waals surface area contributed by atoms with Crippen LogP contribution < -0.4 is 0 Å². The maximum Gasteiger partial charge on any atom is 0.140 e. The van der Waals surface area contributed by atoms with Crippen LogP contribution in [0.2, 0.25) is 0 Å². The molecule has 0 saturated carbocycles. The van der Waals surface area contributed by atoms with Crippen molar-refractivity contribution in [3.8, 4) is 44.8 Å². The van der Waals surface area contributed by atoms with Crippen molar-refractivity contribution in [3.63, 3.8) is 0 Å². The first-order valence-corrected chi connectivity index (χ1v) is 14.4. The highest BCUT2D eigenvalue weighted by molar-refractivity contribution is 6.21. The van der Waals surface area contributed by atoms with Gasteiger partial charge in [0.25, 0.3) is 0 Å². The summed E-state index contributed by atoms with van der Waals surface area (Å²) >= 11 is 0. The Morgan fingerprint density at radius 3 is 1.55 bits per heavy atom. The second kappa shape index (κ2) is 9.87. The minimum atomic E-state index is 0.978. The van der Waals surface area contributed by atoms with Crippen LogP contribution in [0.3, 0.4) is 0 Å². The smallest absolute Gasteiger partial charge is 0.140 e. The van der Waals surface area contributed by atoms with Crippen molar-refractivity contribution in [2.75, 3.05) is 0 Å². The second-order valence-corrected chi connectivity index (χ2v) is 10.8. The molecule has 42 heavy (non-hydrogen) atoms. The lowest BCUT2D eigenvalue weighted by atomic mass is 9.85. The first kappa shape index (κ1) is 24.3. The van der Waals surface area contributed by atoms with E-state index in [-0.39, 0.29) is 0 Å². The van der Waals surface area contributed by atoms with E-state index in [1.807, 2.05) is 6.07 Å². The Kier molecular flexibility index (Phi) is 5.72. The Hall–Kier alpha value is -5.47. The first-order valence-electron chi connectivity index (χ1n) is 14.4. The highest BCUT2D eigenvalue weighted by Crippen LogP contribution is 2.44. The van der Waals surface area contributed by atoms with E-state index in [0.29, 0.717) is 0 Å². The van der Waals surface area contributed by atoms with E-state index in [0.717, 1.165) is 22.4 Å². The molecule has 0 N–H and O–H groups in total. The van der Waals surface area contributed by atoms with Crippen molar-refractivity contribution in [1.82, 2.24) is 9.55 Å². The zero-order valence-corrected chi connectivity index (χ0v) is 23.3. The SMILES string of the molecule is Cn1c(-c2ccc(-c3ccc4c(-c5ccccc5)c5ccccc5c(-c5ccccc5)c4c3)cc2)nc2ccccc21.